The van der Waals surface area contributed by atoms with Crippen molar-refractivity contribution in [1.82, 2.24) is 19.9 Å². The summed E-state index contributed by atoms with van der Waals surface area (Å²) >= 11 is 10.6. The van der Waals surface area contributed by atoms with Gasteiger partial charge in [0, 0.05) is 6.42 Å². The number of pyridine rings is 1. The second kappa shape index (κ2) is 9.05. The van der Waals surface area contributed by atoms with E-state index in [2.05, 4.69) is 37.5 Å². The second-order valence-electron chi connectivity index (χ2n) is 9.22. The highest BCUT2D eigenvalue weighted by molar-refractivity contribution is 9.10. The average Bonchev–Trinajstić information content (AvgIpc) is 2.99. The van der Waals surface area contributed by atoms with Gasteiger partial charge in [-0.25, -0.2) is 28.5 Å². The molecule has 34 heavy (non-hydrogen) atoms. The summed E-state index contributed by atoms with van der Waals surface area (Å²) < 4.78 is 37.1. The molecular weight excluding hydrogens is 552 g/mol. The van der Waals surface area contributed by atoms with Crippen LogP contribution in [0.3, 0.4) is 0 Å². The number of alkyl halides is 1. The van der Waals surface area contributed by atoms with Crippen LogP contribution in [-0.2, 0) is 4.74 Å². The molecule has 1 amide bonds. The van der Waals surface area contributed by atoms with Gasteiger partial charge in [-0.05, 0) is 48.9 Å². The molecule has 7 nitrogen and oxygen atoms in total. The smallest absolute Gasteiger partial charge is 0.413 e. The fourth-order valence-corrected chi connectivity index (χ4v) is 5.93. The molecule has 2 fully saturated rings. The normalized spacial score (nSPS) is 24.6. The lowest BCUT2D eigenvalue weighted by Crippen LogP contribution is -2.66. The highest BCUT2D eigenvalue weighted by Crippen LogP contribution is 2.47. The zero-order chi connectivity index (χ0) is 25.0. The average molecular weight is 577 g/mol. The van der Waals surface area contributed by atoms with Crippen LogP contribution in [0.5, 0.6) is 0 Å². The molecule has 3 atom stereocenters. The molecule has 0 aromatic carbocycles. The topological polar surface area (TPSA) is 71.5 Å². The van der Waals surface area contributed by atoms with E-state index < -0.39 is 35.4 Å². The van der Waals surface area contributed by atoms with E-state index in [1.54, 1.807) is 31.7 Å². The number of halogens is 4. The van der Waals surface area contributed by atoms with Crippen LogP contribution in [0.1, 0.15) is 40.5 Å². The van der Waals surface area contributed by atoms with Crippen molar-refractivity contribution in [3.05, 3.63) is 28.2 Å². The third kappa shape index (κ3) is 4.35. The van der Waals surface area contributed by atoms with Crippen molar-refractivity contribution in [2.45, 2.75) is 69.2 Å². The first kappa shape index (κ1) is 25.4. The number of hydrogen-bond donors (Lipinski definition) is 0. The largest absolute Gasteiger partial charge is 0.444 e. The number of rotatable bonds is 4. The molecule has 0 unspecified atom stereocenters. The number of hydrogen-bond acceptors (Lipinski definition) is 7. The van der Waals surface area contributed by atoms with Gasteiger partial charge in [0.1, 0.15) is 21.5 Å². The van der Waals surface area contributed by atoms with Crippen molar-refractivity contribution < 1.29 is 18.3 Å². The van der Waals surface area contributed by atoms with Gasteiger partial charge in [0.05, 0.1) is 24.0 Å². The Morgan fingerprint density at radius 3 is 2.74 bits per heavy atom. The molecule has 0 saturated carbocycles. The van der Waals surface area contributed by atoms with Gasteiger partial charge in [-0.3, -0.25) is 4.90 Å². The molecule has 0 aliphatic carbocycles. The van der Waals surface area contributed by atoms with Crippen molar-refractivity contribution in [1.29, 1.82) is 0 Å². The van der Waals surface area contributed by atoms with Gasteiger partial charge < -0.3 is 9.64 Å². The van der Waals surface area contributed by atoms with Crippen molar-refractivity contribution in [3.63, 3.8) is 0 Å². The lowest BCUT2D eigenvalue weighted by molar-refractivity contribution is -0.0545. The van der Waals surface area contributed by atoms with Gasteiger partial charge in [0.25, 0.3) is 0 Å². The molecule has 2 aromatic rings. The maximum atomic E-state index is 16.3. The van der Waals surface area contributed by atoms with Gasteiger partial charge in [-0.15, -0.1) is 6.58 Å². The maximum Gasteiger partial charge on any atom is 0.413 e. The molecule has 184 valence electrons. The molecule has 0 N–H and O–H groups in total. The lowest BCUT2D eigenvalue weighted by atomic mass is 10.0. The molecule has 2 aromatic heterocycles. The first-order valence-corrected chi connectivity index (χ1v) is 13.0. The Bertz CT molecular complexity index is 1170. The van der Waals surface area contributed by atoms with Gasteiger partial charge in [-0.1, -0.05) is 36.4 Å². The second-order valence-corrected chi connectivity index (χ2v) is 11.6. The number of fused-ring (bicyclic) bond motifs is 3. The Kier molecular flexibility index (Phi) is 6.76. The molecule has 2 saturated heterocycles. The number of nitrogens with zero attached hydrogens (tertiary/aromatic N) is 5. The van der Waals surface area contributed by atoms with E-state index in [1.165, 1.54) is 16.7 Å². The predicted octanol–water partition coefficient (Wildman–Crippen LogP) is 6.13. The van der Waals surface area contributed by atoms with E-state index in [0.29, 0.717) is 23.1 Å². The summed E-state index contributed by atoms with van der Waals surface area (Å²) in [5.41, 5.74) is -0.777. The first-order chi connectivity index (χ1) is 15.9. The number of aromatic nitrogens is 3. The van der Waals surface area contributed by atoms with Crippen molar-refractivity contribution >= 4 is 62.1 Å². The summed E-state index contributed by atoms with van der Waals surface area (Å²) in [6.07, 6.45) is 1.50. The third-order valence-electron chi connectivity index (χ3n) is 5.79. The van der Waals surface area contributed by atoms with Gasteiger partial charge >= 0.3 is 6.09 Å². The van der Waals surface area contributed by atoms with Crippen LogP contribution < -0.4 is 4.90 Å². The van der Waals surface area contributed by atoms with E-state index in [9.17, 15) is 9.18 Å². The maximum absolute atomic E-state index is 16.3. The molecule has 2 bridgehead atoms. The fraction of sp³-hybridized carbons (Fsp3) is 0.545. The van der Waals surface area contributed by atoms with Gasteiger partial charge in [0.15, 0.2) is 16.1 Å². The SMILES string of the molecule is C=C[C@@H]1[C@@H]2CC[C@](F)(CN1c1nc(SCC)nc3c(F)c(Cl)nc(Br)c13)N2C(=O)OC(C)(C)C. The monoisotopic (exact) mass is 575 g/mol. The van der Waals surface area contributed by atoms with Crippen LogP contribution in [0.25, 0.3) is 10.9 Å². The Hall–Kier alpha value is -1.72. The van der Waals surface area contributed by atoms with E-state index in [4.69, 9.17) is 16.3 Å². The molecular formula is C22H25BrClF2N5O2S. The number of thioether (sulfide) groups is 1. The zero-order valence-corrected chi connectivity index (χ0v) is 22.4. The van der Waals surface area contributed by atoms with Crippen LogP contribution >= 0.6 is 39.3 Å². The van der Waals surface area contributed by atoms with Crippen molar-refractivity contribution in [2.24, 2.45) is 0 Å². The van der Waals surface area contributed by atoms with Crippen LogP contribution in [-0.4, -0.2) is 61.7 Å². The molecule has 2 aliphatic rings. The van der Waals surface area contributed by atoms with Crippen LogP contribution in [0.4, 0.5) is 19.4 Å². The summed E-state index contributed by atoms with van der Waals surface area (Å²) in [4.78, 5) is 28.9. The summed E-state index contributed by atoms with van der Waals surface area (Å²) in [5, 5.41) is 0.284. The number of carbonyl (C=O) groups excluding carboxylic acids is 1. The number of anilines is 1. The highest BCUT2D eigenvalue weighted by Gasteiger charge is 2.59. The molecule has 2 aliphatic heterocycles. The minimum Gasteiger partial charge on any atom is -0.444 e. The number of ether oxygens (including phenoxy) is 1. The van der Waals surface area contributed by atoms with E-state index in [-0.39, 0.29) is 33.6 Å². The van der Waals surface area contributed by atoms with Crippen LogP contribution in [0, 0.1) is 5.82 Å². The summed E-state index contributed by atoms with van der Waals surface area (Å²) in [6.45, 7) is 10.9. The zero-order valence-electron chi connectivity index (χ0n) is 19.2. The summed E-state index contributed by atoms with van der Waals surface area (Å²) in [5.74, 6) is -1.81. The predicted molar refractivity (Wildman–Crippen MR) is 133 cm³/mol. The Morgan fingerprint density at radius 1 is 1.41 bits per heavy atom. The minimum absolute atomic E-state index is 0.00883. The fourth-order valence-electron chi connectivity index (χ4n) is 4.55. The van der Waals surface area contributed by atoms with Gasteiger partial charge in [0.2, 0.25) is 5.79 Å². The summed E-state index contributed by atoms with van der Waals surface area (Å²) in [6, 6.07) is -1.04. The molecule has 4 heterocycles. The number of carbonyl (C=O) groups is 1. The Labute approximate surface area is 214 Å². The Balaban J connectivity index is 1.86. The lowest BCUT2D eigenvalue weighted by Gasteiger charge is -2.49. The molecule has 12 heteroatoms. The first-order valence-electron chi connectivity index (χ1n) is 10.9. The molecule has 0 spiro atoms. The van der Waals surface area contributed by atoms with E-state index in [1.807, 2.05) is 6.92 Å². The Morgan fingerprint density at radius 2 is 2.12 bits per heavy atom. The van der Waals surface area contributed by atoms with E-state index >= 15 is 4.39 Å². The third-order valence-corrected chi connectivity index (χ3v) is 7.35. The van der Waals surface area contributed by atoms with Crippen LogP contribution in [0.15, 0.2) is 22.4 Å². The molecule has 0 radical (unpaired) electrons. The highest BCUT2D eigenvalue weighted by atomic mass is 79.9. The van der Waals surface area contributed by atoms with Gasteiger partial charge in [-0.2, -0.15) is 0 Å². The van der Waals surface area contributed by atoms with Crippen LogP contribution in [0.2, 0.25) is 5.15 Å². The summed E-state index contributed by atoms with van der Waals surface area (Å²) in [7, 11) is 0. The number of amides is 1. The van der Waals surface area contributed by atoms with Crippen molar-refractivity contribution in [3.8, 4) is 0 Å². The van der Waals surface area contributed by atoms with Crippen molar-refractivity contribution in [2.75, 3.05) is 17.2 Å². The van der Waals surface area contributed by atoms with E-state index in [0.717, 1.165) is 0 Å². The number of piperazine rings is 1. The minimum atomic E-state index is -1.99. The standard InChI is InChI=1S/C22H25BrClF2N5O2S/c1-6-11-12-8-9-22(26,31(12)20(32)33-21(3,4)5)10-30(11)18-13-15(27-19(29-18)34-7-2)14(25)17(24)28-16(13)23/h6,11-12H,1,7-10H2,2-5H3/t11-,12+,22-/m1/s1. The quantitative estimate of drug-likeness (QED) is 0.143. The molecule has 4 rings (SSSR count).